The van der Waals surface area contributed by atoms with Crippen molar-refractivity contribution in [3.63, 3.8) is 0 Å². The molecular weight excluding hydrogens is 301 g/mol. The average molecular weight is 314 g/mol. The van der Waals surface area contributed by atoms with E-state index in [1.807, 2.05) is 31.3 Å². The molecule has 0 aliphatic carbocycles. The van der Waals surface area contributed by atoms with E-state index in [0.29, 0.717) is 10.8 Å². The van der Waals surface area contributed by atoms with Gasteiger partial charge in [-0.1, -0.05) is 23.7 Å². The van der Waals surface area contributed by atoms with E-state index < -0.39 is 0 Å². The highest BCUT2D eigenvalue weighted by Gasteiger charge is 2.10. The molecule has 0 fully saturated rings. The van der Waals surface area contributed by atoms with Gasteiger partial charge in [0.05, 0.1) is 17.6 Å². The summed E-state index contributed by atoms with van der Waals surface area (Å²) in [5, 5.41) is 3.71. The van der Waals surface area contributed by atoms with Gasteiger partial charge in [-0.3, -0.25) is 0 Å². The van der Waals surface area contributed by atoms with Gasteiger partial charge in [0, 0.05) is 23.2 Å². The first-order chi connectivity index (χ1) is 10.7. The molecule has 110 valence electrons. The first-order valence-corrected chi connectivity index (χ1v) is 7.12. The molecule has 0 saturated heterocycles. The number of nitrogens with zero attached hydrogens (tertiary/aromatic N) is 2. The Morgan fingerprint density at radius 2 is 1.82 bits per heavy atom. The van der Waals surface area contributed by atoms with E-state index in [1.54, 1.807) is 18.3 Å². The van der Waals surface area contributed by atoms with E-state index in [2.05, 4.69) is 15.3 Å². The summed E-state index contributed by atoms with van der Waals surface area (Å²) in [6.07, 6.45) is 1.71. The third-order valence-corrected chi connectivity index (χ3v) is 3.49. The lowest BCUT2D eigenvalue weighted by molar-refractivity contribution is 0.628. The molecule has 0 unspecified atom stereocenters. The Hall–Kier alpha value is -2.46. The Kier molecular flexibility index (Phi) is 4.02. The largest absolute Gasteiger partial charge is 0.385 e. The summed E-state index contributed by atoms with van der Waals surface area (Å²) in [5.41, 5.74) is 3.20. The molecule has 3 rings (SSSR count). The standard InChI is InChI=1S/C17H13ClFN3/c1-20-15-10-21-17(11-5-7-14(19)8-6-11)22-16(15)12-3-2-4-13(18)9-12/h2-10,20H,1H3. The van der Waals surface area contributed by atoms with Gasteiger partial charge in [-0.25, -0.2) is 14.4 Å². The van der Waals surface area contributed by atoms with Crippen LogP contribution < -0.4 is 5.32 Å². The number of anilines is 1. The number of aromatic nitrogens is 2. The molecule has 1 N–H and O–H groups in total. The quantitative estimate of drug-likeness (QED) is 0.765. The fourth-order valence-electron chi connectivity index (χ4n) is 2.16. The molecule has 0 aliphatic heterocycles. The van der Waals surface area contributed by atoms with E-state index in [-0.39, 0.29) is 5.82 Å². The van der Waals surface area contributed by atoms with Gasteiger partial charge in [-0.05, 0) is 36.4 Å². The minimum atomic E-state index is -0.286. The van der Waals surface area contributed by atoms with Crippen LogP contribution in [0.1, 0.15) is 0 Å². The summed E-state index contributed by atoms with van der Waals surface area (Å²) in [4.78, 5) is 8.93. The van der Waals surface area contributed by atoms with Crippen LogP contribution in [-0.4, -0.2) is 17.0 Å². The number of nitrogens with one attached hydrogen (secondary N) is 1. The first-order valence-electron chi connectivity index (χ1n) is 6.74. The van der Waals surface area contributed by atoms with Crippen LogP contribution in [0.5, 0.6) is 0 Å². The maximum Gasteiger partial charge on any atom is 0.159 e. The van der Waals surface area contributed by atoms with Crippen LogP contribution in [0.4, 0.5) is 10.1 Å². The van der Waals surface area contributed by atoms with Crippen molar-refractivity contribution in [2.24, 2.45) is 0 Å². The number of hydrogen-bond acceptors (Lipinski definition) is 3. The van der Waals surface area contributed by atoms with Gasteiger partial charge < -0.3 is 5.32 Å². The van der Waals surface area contributed by atoms with Gasteiger partial charge in [0.25, 0.3) is 0 Å². The van der Waals surface area contributed by atoms with Crippen molar-refractivity contribution in [1.29, 1.82) is 0 Å². The average Bonchev–Trinajstić information content (AvgIpc) is 2.55. The summed E-state index contributed by atoms with van der Waals surface area (Å²) in [5.74, 6) is 0.250. The molecule has 3 nitrogen and oxygen atoms in total. The van der Waals surface area contributed by atoms with Crippen LogP contribution in [0.2, 0.25) is 5.02 Å². The van der Waals surface area contributed by atoms with Crippen LogP contribution in [0.15, 0.2) is 54.7 Å². The molecule has 0 spiro atoms. The molecule has 3 aromatic rings. The summed E-state index contributed by atoms with van der Waals surface area (Å²) in [7, 11) is 1.81. The summed E-state index contributed by atoms with van der Waals surface area (Å²) < 4.78 is 13.0. The Labute approximate surface area is 132 Å². The van der Waals surface area contributed by atoms with Crippen molar-refractivity contribution in [3.8, 4) is 22.6 Å². The van der Waals surface area contributed by atoms with E-state index in [1.165, 1.54) is 12.1 Å². The summed E-state index contributed by atoms with van der Waals surface area (Å²) in [6, 6.07) is 13.6. The van der Waals surface area contributed by atoms with Crippen molar-refractivity contribution in [2.75, 3.05) is 12.4 Å². The minimum Gasteiger partial charge on any atom is -0.385 e. The van der Waals surface area contributed by atoms with Crippen molar-refractivity contribution in [1.82, 2.24) is 9.97 Å². The molecule has 22 heavy (non-hydrogen) atoms. The maximum absolute atomic E-state index is 13.0. The van der Waals surface area contributed by atoms with Gasteiger partial charge in [-0.2, -0.15) is 0 Å². The molecule has 1 heterocycles. The molecule has 0 atom stereocenters. The predicted octanol–water partition coefficient (Wildman–Crippen LogP) is 4.64. The lowest BCUT2D eigenvalue weighted by atomic mass is 10.1. The fraction of sp³-hybridized carbons (Fsp3) is 0.0588. The normalized spacial score (nSPS) is 10.5. The second-order valence-electron chi connectivity index (χ2n) is 4.72. The Bertz CT molecular complexity index is 803. The highest BCUT2D eigenvalue weighted by atomic mass is 35.5. The van der Waals surface area contributed by atoms with Gasteiger partial charge >= 0.3 is 0 Å². The zero-order valence-corrected chi connectivity index (χ0v) is 12.6. The lowest BCUT2D eigenvalue weighted by Crippen LogP contribution is -1.99. The van der Waals surface area contributed by atoms with Gasteiger partial charge in [0.1, 0.15) is 5.82 Å². The predicted molar refractivity (Wildman–Crippen MR) is 87.4 cm³/mol. The Morgan fingerprint density at radius 1 is 1.05 bits per heavy atom. The molecule has 0 radical (unpaired) electrons. The van der Waals surface area contributed by atoms with Crippen molar-refractivity contribution < 1.29 is 4.39 Å². The second-order valence-corrected chi connectivity index (χ2v) is 5.16. The molecule has 0 saturated carbocycles. The molecule has 0 aliphatic rings. The lowest BCUT2D eigenvalue weighted by Gasteiger charge is -2.10. The molecule has 0 bridgehead atoms. The van der Waals surface area contributed by atoms with Crippen LogP contribution in [0.3, 0.4) is 0 Å². The zero-order valence-electron chi connectivity index (χ0n) is 11.8. The number of halogens is 2. The van der Waals surface area contributed by atoms with Crippen LogP contribution >= 0.6 is 11.6 Å². The molecule has 2 aromatic carbocycles. The zero-order chi connectivity index (χ0) is 15.5. The van der Waals surface area contributed by atoms with Crippen LogP contribution in [-0.2, 0) is 0 Å². The molecule has 1 aromatic heterocycles. The summed E-state index contributed by atoms with van der Waals surface area (Å²) in [6.45, 7) is 0. The topological polar surface area (TPSA) is 37.8 Å². The van der Waals surface area contributed by atoms with Gasteiger partial charge in [0.2, 0.25) is 0 Å². The van der Waals surface area contributed by atoms with Crippen molar-refractivity contribution in [2.45, 2.75) is 0 Å². The maximum atomic E-state index is 13.0. The van der Waals surface area contributed by atoms with Gasteiger partial charge in [-0.15, -0.1) is 0 Å². The summed E-state index contributed by atoms with van der Waals surface area (Å²) >= 11 is 6.06. The number of rotatable bonds is 3. The van der Waals surface area contributed by atoms with Crippen LogP contribution in [0, 0.1) is 5.82 Å². The van der Waals surface area contributed by atoms with Crippen molar-refractivity contribution in [3.05, 3.63) is 65.6 Å². The smallest absolute Gasteiger partial charge is 0.159 e. The number of hydrogen-bond donors (Lipinski definition) is 1. The SMILES string of the molecule is CNc1cnc(-c2ccc(F)cc2)nc1-c1cccc(Cl)c1. The Balaban J connectivity index is 2.12. The Morgan fingerprint density at radius 3 is 2.50 bits per heavy atom. The van der Waals surface area contributed by atoms with E-state index in [0.717, 1.165) is 22.5 Å². The third kappa shape index (κ3) is 2.92. The van der Waals surface area contributed by atoms with E-state index in [4.69, 9.17) is 11.6 Å². The van der Waals surface area contributed by atoms with E-state index in [9.17, 15) is 4.39 Å². The highest BCUT2D eigenvalue weighted by molar-refractivity contribution is 6.30. The minimum absolute atomic E-state index is 0.286. The first kappa shape index (κ1) is 14.5. The van der Waals surface area contributed by atoms with Gasteiger partial charge in [0.15, 0.2) is 5.82 Å². The molecular formula is C17H13ClFN3. The third-order valence-electron chi connectivity index (χ3n) is 3.26. The molecule has 0 amide bonds. The highest BCUT2D eigenvalue weighted by Crippen LogP contribution is 2.29. The monoisotopic (exact) mass is 313 g/mol. The molecule has 5 heteroatoms. The number of benzene rings is 2. The second kappa shape index (κ2) is 6.12. The fourth-order valence-corrected chi connectivity index (χ4v) is 2.35. The van der Waals surface area contributed by atoms with Crippen LogP contribution in [0.25, 0.3) is 22.6 Å². The van der Waals surface area contributed by atoms with E-state index >= 15 is 0 Å². The van der Waals surface area contributed by atoms with Crippen molar-refractivity contribution >= 4 is 17.3 Å².